The summed E-state index contributed by atoms with van der Waals surface area (Å²) in [7, 11) is -3.72. The summed E-state index contributed by atoms with van der Waals surface area (Å²) < 4.78 is 31.8. The van der Waals surface area contributed by atoms with Crippen LogP contribution in [0.3, 0.4) is 0 Å². The quantitative estimate of drug-likeness (QED) is 0.0643. The van der Waals surface area contributed by atoms with Gasteiger partial charge in [0.1, 0.15) is 5.75 Å². The van der Waals surface area contributed by atoms with Crippen LogP contribution in [0, 0.1) is 0 Å². The van der Waals surface area contributed by atoms with Crippen LogP contribution in [0.1, 0.15) is 60.5 Å². The fraction of sp³-hybridized carbons (Fsp3) is 0.220. The maximum Gasteiger partial charge on any atom is 0.368 e. The Morgan fingerprint density at radius 3 is 1.52 bits per heavy atom. The standard InChI is InChI=1S/C50H51N4O8P/c51-48(56)42-20-10-18-40(28-42)31-53-45(47(55)46(30-37-12-4-1-5-13-37)54(50(53)58)32-41-19-11-21-43(29-41)49(52)57)27-24-36-22-25-44(26-23-36)60-35-63(59,61-33-38-14-6-2-7-15-38)62-34-39-16-8-3-9-17-39/h1-23,25-26,28-29,45-47,55H,24,27,30-35H2,(H2,51,56)(H2,52,57)/t45-,46-,47-/m1/s1. The van der Waals surface area contributed by atoms with Gasteiger partial charge in [-0.15, -0.1) is 0 Å². The van der Waals surface area contributed by atoms with Gasteiger partial charge in [0.15, 0.2) is 6.35 Å². The van der Waals surface area contributed by atoms with Crippen LogP contribution in [0.25, 0.3) is 0 Å². The van der Waals surface area contributed by atoms with Crippen molar-refractivity contribution in [2.45, 2.75) is 63.8 Å². The molecule has 3 atom stereocenters. The number of nitrogens with zero attached hydrogens (tertiary/aromatic N) is 2. The van der Waals surface area contributed by atoms with E-state index in [1.54, 1.807) is 58.3 Å². The molecule has 12 nitrogen and oxygen atoms in total. The summed E-state index contributed by atoms with van der Waals surface area (Å²) in [5, 5.41) is 12.4. The van der Waals surface area contributed by atoms with E-state index in [0.29, 0.717) is 47.3 Å². The lowest BCUT2D eigenvalue weighted by Gasteiger charge is -2.49. The first kappa shape index (κ1) is 44.5. The van der Waals surface area contributed by atoms with Crippen molar-refractivity contribution >= 4 is 25.4 Å². The van der Waals surface area contributed by atoms with Crippen LogP contribution in [0.4, 0.5) is 4.79 Å². The minimum absolute atomic E-state index is 0.0881. The molecule has 5 N–H and O–H groups in total. The van der Waals surface area contributed by atoms with Crippen molar-refractivity contribution < 1.29 is 37.8 Å². The molecule has 0 aromatic heterocycles. The molecule has 0 unspecified atom stereocenters. The van der Waals surface area contributed by atoms with Crippen molar-refractivity contribution in [1.82, 2.24) is 9.80 Å². The summed E-state index contributed by atoms with van der Waals surface area (Å²) in [4.78, 5) is 42.4. The number of urea groups is 1. The molecule has 1 fully saturated rings. The molecule has 0 bridgehead atoms. The van der Waals surface area contributed by atoms with Crippen molar-refractivity contribution in [1.29, 1.82) is 0 Å². The lowest BCUT2D eigenvalue weighted by atomic mass is 9.88. The SMILES string of the molecule is NC(=O)c1cccc(CN2C(=O)N(Cc3cccc(C(N)=O)c3)[C@H](Cc3ccccc3)[C@H](O)[C@H]2CCc2ccc(OCP(=O)(OCc3ccccc3)OCc3ccccc3)cc2)c1. The molecular weight excluding hydrogens is 816 g/mol. The van der Waals surface area contributed by atoms with Crippen molar-refractivity contribution in [2.75, 3.05) is 6.35 Å². The third-order valence-electron chi connectivity index (χ3n) is 11.1. The predicted octanol–water partition coefficient (Wildman–Crippen LogP) is 8.26. The molecule has 1 saturated heterocycles. The predicted molar refractivity (Wildman–Crippen MR) is 240 cm³/mol. The van der Waals surface area contributed by atoms with Crippen LogP contribution in [0.2, 0.25) is 0 Å². The molecule has 6 aromatic carbocycles. The molecule has 13 heteroatoms. The van der Waals surface area contributed by atoms with Gasteiger partial charge in [0.2, 0.25) is 11.8 Å². The average Bonchev–Trinajstić information content (AvgIpc) is 3.31. The average molecular weight is 867 g/mol. The molecule has 7 rings (SSSR count). The Bertz CT molecular complexity index is 2460. The first-order chi connectivity index (χ1) is 30.5. The molecule has 6 aromatic rings. The second-order valence-corrected chi connectivity index (χ2v) is 17.6. The second-order valence-electron chi connectivity index (χ2n) is 15.6. The van der Waals surface area contributed by atoms with Crippen molar-refractivity contribution in [3.05, 3.63) is 208 Å². The van der Waals surface area contributed by atoms with Crippen LogP contribution in [0.5, 0.6) is 5.75 Å². The molecule has 1 aliphatic heterocycles. The van der Waals surface area contributed by atoms with Crippen LogP contribution in [-0.4, -0.2) is 57.3 Å². The van der Waals surface area contributed by atoms with Gasteiger partial charge in [-0.3, -0.25) is 14.2 Å². The number of ether oxygens (including phenoxy) is 1. The number of hydrogen-bond donors (Lipinski definition) is 3. The van der Waals surface area contributed by atoms with Gasteiger partial charge < -0.3 is 40.2 Å². The van der Waals surface area contributed by atoms with E-state index in [0.717, 1.165) is 22.3 Å². The number of aryl methyl sites for hydroxylation is 1. The highest BCUT2D eigenvalue weighted by Gasteiger charge is 2.45. The second kappa shape index (κ2) is 21.0. The number of aliphatic hydroxyl groups excluding tert-OH is 1. The topological polar surface area (TPSA) is 175 Å². The Kier molecular flexibility index (Phi) is 14.8. The third-order valence-corrected chi connectivity index (χ3v) is 12.6. The monoisotopic (exact) mass is 866 g/mol. The summed E-state index contributed by atoms with van der Waals surface area (Å²) in [6.45, 7) is 0.390. The Morgan fingerprint density at radius 2 is 1.03 bits per heavy atom. The number of hydrogen-bond acceptors (Lipinski definition) is 8. The highest BCUT2D eigenvalue weighted by Crippen LogP contribution is 2.50. The smallest absolute Gasteiger partial charge is 0.368 e. The van der Waals surface area contributed by atoms with Crippen molar-refractivity contribution in [3.8, 4) is 5.75 Å². The number of carbonyl (C=O) groups is 3. The van der Waals surface area contributed by atoms with Crippen molar-refractivity contribution in [3.63, 3.8) is 0 Å². The zero-order valence-corrected chi connectivity index (χ0v) is 35.7. The summed E-state index contributed by atoms with van der Waals surface area (Å²) in [5.74, 6) is -0.709. The maximum absolute atomic E-state index is 14.9. The molecule has 63 heavy (non-hydrogen) atoms. The Hall–Kier alpha value is -6.56. The van der Waals surface area contributed by atoms with Gasteiger partial charge >= 0.3 is 13.6 Å². The fourth-order valence-electron chi connectivity index (χ4n) is 7.72. The zero-order valence-electron chi connectivity index (χ0n) is 34.8. The van der Waals surface area contributed by atoms with Gasteiger partial charge in [-0.1, -0.05) is 127 Å². The number of amides is 4. The molecule has 0 aliphatic carbocycles. The van der Waals surface area contributed by atoms with E-state index in [2.05, 4.69) is 0 Å². The third kappa shape index (κ3) is 12.1. The minimum Gasteiger partial charge on any atom is -0.481 e. The highest BCUT2D eigenvalue weighted by molar-refractivity contribution is 7.53. The number of carbonyl (C=O) groups excluding carboxylic acids is 3. The Labute approximate surface area is 367 Å². The Balaban J connectivity index is 1.10. The van der Waals surface area contributed by atoms with E-state index in [1.807, 2.05) is 115 Å². The molecule has 1 heterocycles. The van der Waals surface area contributed by atoms with Gasteiger partial charge in [0.25, 0.3) is 0 Å². The van der Waals surface area contributed by atoms with E-state index in [4.69, 9.17) is 25.3 Å². The van der Waals surface area contributed by atoms with Crippen molar-refractivity contribution in [2.24, 2.45) is 11.5 Å². The summed E-state index contributed by atoms with van der Waals surface area (Å²) >= 11 is 0. The molecule has 4 amide bonds. The number of aliphatic hydroxyl groups is 1. The molecule has 0 spiro atoms. The van der Waals surface area contributed by atoms with Crippen LogP contribution >= 0.6 is 7.60 Å². The highest BCUT2D eigenvalue weighted by atomic mass is 31.2. The summed E-state index contributed by atoms with van der Waals surface area (Å²) in [6.07, 6.45) is -0.0462. The summed E-state index contributed by atoms with van der Waals surface area (Å²) in [6, 6.07) is 48.0. The lowest BCUT2D eigenvalue weighted by molar-refractivity contribution is -0.0453. The van der Waals surface area contributed by atoms with E-state index in [1.165, 1.54) is 0 Å². The largest absolute Gasteiger partial charge is 0.481 e. The number of nitrogens with two attached hydrogens (primary N) is 2. The number of benzene rings is 6. The van der Waals surface area contributed by atoms with Gasteiger partial charge in [0, 0.05) is 24.2 Å². The normalized spacial score (nSPS) is 16.5. The maximum atomic E-state index is 14.9. The van der Waals surface area contributed by atoms with E-state index in [9.17, 15) is 24.1 Å². The van der Waals surface area contributed by atoms with Crippen LogP contribution in [0.15, 0.2) is 164 Å². The van der Waals surface area contributed by atoms with E-state index < -0.39 is 37.6 Å². The molecule has 1 aliphatic rings. The molecule has 324 valence electrons. The Morgan fingerprint density at radius 1 is 0.571 bits per heavy atom. The fourth-order valence-corrected chi connectivity index (χ4v) is 8.94. The first-order valence-electron chi connectivity index (χ1n) is 20.8. The van der Waals surface area contributed by atoms with E-state index in [-0.39, 0.29) is 38.7 Å². The van der Waals surface area contributed by atoms with Crippen LogP contribution in [-0.2, 0) is 52.8 Å². The van der Waals surface area contributed by atoms with Gasteiger partial charge in [-0.2, -0.15) is 0 Å². The molecule has 0 radical (unpaired) electrons. The lowest BCUT2D eigenvalue weighted by Crippen LogP contribution is -2.66. The van der Waals surface area contributed by atoms with Crippen LogP contribution < -0.4 is 16.2 Å². The minimum atomic E-state index is -3.72. The molecular formula is C50H51N4O8P. The van der Waals surface area contributed by atoms with E-state index >= 15 is 0 Å². The molecule has 0 saturated carbocycles. The van der Waals surface area contributed by atoms with Gasteiger partial charge in [-0.05, 0) is 89.0 Å². The zero-order chi connectivity index (χ0) is 44.2. The number of rotatable bonds is 20. The summed E-state index contributed by atoms with van der Waals surface area (Å²) in [5.41, 5.74) is 16.8. The van der Waals surface area contributed by atoms with Gasteiger partial charge in [0.05, 0.1) is 31.4 Å². The number of primary amides is 2. The van der Waals surface area contributed by atoms with Gasteiger partial charge in [-0.25, -0.2) is 4.79 Å². The first-order valence-corrected chi connectivity index (χ1v) is 22.5.